The van der Waals surface area contributed by atoms with Gasteiger partial charge in [-0.3, -0.25) is 4.79 Å². The van der Waals surface area contributed by atoms with Crippen LogP contribution in [0.1, 0.15) is 0 Å². The van der Waals surface area contributed by atoms with Crippen molar-refractivity contribution in [2.75, 3.05) is 5.32 Å². The predicted molar refractivity (Wildman–Crippen MR) is 63.2 cm³/mol. The van der Waals surface area contributed by atoms with E-state index in [1.165, 1.54) is 0 Å². The maximum Gasteiger partial charge on any atom is 0.275 e. The average Bonchev–Trinajstić information content (AvgIpc) is 2.18. The van der Waals surface area contributed by atoms with E-state index in [0.717, 1.165) is 0 Å². The molecule has 0 aliphatic rings. The van der Waals surface area contributed by atoms with Crippen LogP contribution in [0.15, 0.2) is 45.6 Å². The van der Waals surface area contributed by atoms with Gasteiger partial charge in [0.15, 0.2) is 4.49 Å². The summed E-state index contributed by atoms with van der Waals surface area (Å²) in [6.07, 6.45) is 0. The largest absolute Gasteiger partial charge is 0.321 e. The van der Waals surface area contributed by atoms with Crippen molar-refractivity contribution in [3.63, 3.8) is 0 Å². The second kappa shape index (κ2) is 5.84. The molecule has 0 aromatic heterocycles. The first-order valence-electron chi connectivity index (χ1n) is 3.93. The van der Waals surface area contributed by atoms with E-state index in [1.54, 1.807) is 24.3 Å². The fourth-order valence-corrected chi connectivity index (χ4v) is 1.27. The maximum atomic E-state index is 11.4. The Kier molecular flexibility index (Phi) is 4.73. The van der Waals surface area contributed by atoms with Gasteiger partial charge in [-0.1, -0.05) is 58.7 Å². The van der Waals surface area contributed by atoms with Gasteiger partial charge in [0.1, 0.15) is 5.03 Å². The van der Waals surface area contributed by atoms with Crippen molar-refractivity contribution in [2.24, 2.45) is 0 Å². The van der Waals surface area contributed by atoms with Crippen LogP contribution in [0.4, 0.5) is 5.69 Å². The SMILES string of the molecule is O=C(Nc1ccccc1)C(Cl)=C=C(Cl)Cl. The van der Waals surface area contributed by atoms with Crippen LogP contribution in [0.2, 0.25) is 0 Å². The molecule has 0 aliphatic carbocycles. The van der Waals surface area contributed by atoms with Crippen LogP contribution in [-0.4, -0.2) is 5.91 Å². The first-order valence-corrected chi connectivity index (χ1v) is 5.07. The van der Waals surface area contributed by atoms with Crippen molar-refractivity contribution in [2.45, 2.75) is 0 Å². The standard InChI is InChI=1S/C10H6Cl3NO/c11-8(6-9(12)13)10(15)14-7-4-2-1-3-5-7/h1-5H,(H,14,15). The van der Waals surface area contributed by atoms with Crippen molar-refractivity contribution in [3.8, 4) is 0 Å². The summed E-state index contributed by atoms with van der Waals surface area (Å²) in [6, 6.07) is 8.88. The van der Waals surface area contributed by atoms with Gasteiger partial charge in [-0.2, -0.15) is 0 Å². The van der Waals surface area contributed by atoms with E-state index in [-0.39, 0.29) is 9.52 Å². The van der Waals surface area contributed by atoms with E-state index in [2.05, 4.69) is 11.0 Å². The monoisotopic (exact) mass is 261 g/mol. The molecule has 2 nitrogen and oxygen atoms in total. The summed E-state index contributed by atoms with van der Waals surface area (Å²) in [5, 5.41) is 2.35. The molecule has 0 unspecified atom stereocenters. The van der Waals surface area contributed by atoms with Crippen molar-refractivity contribution in [1.82, 2.24) is 0 Å². The predicted octanol–water partition coefficient (Wildman–Crippen LogP) is 3.67. The Bertz CT molecular complexity index is 418. The number of benzene rings is 1. The highest BCUT2D eigenvalue weighted by Crippen LogP contribution is 2.11. The fraction of sp³-hybridized carbons (Fsp3) is 0. The van der Waals surface area contributed by atoms with Gasteiger partial charge in [0, 0.05) is 5.69 Å². The number of nitrogens with one attached hydrogen (secondary N) is 1. The molecule has 1 rings (SSSR count). The third-order valence-electron chi connectivity index (χ3n) is 1.44. The molecule has 78 valence electrons. The first-order chi connectivity index (χ1) is 7.09. The molecular formula is C10H6Cl3NO. The minimum atomic E-state index is -0.512. The Morgan fingerprint density at radius 2 is 1.73 bits per heavy atom. The smallest absolute Gasteiger partial charge is 0.275 e. The van der Waals surface area contributed by atoms with Crippen LogP contribution < -0.4 is 5.32 Å². The Morgan fingerprint density at radius 3 is 2.27 bits per heavy atom. The lowest BCUT2D eigenvalue weighted by molar-refractivity contribution is -0.112. The van der Waals surface area contributed by atoms with Gasteiger partial charge in [-0.05, 0) is 12.1 Å². The highest BCUT2D eigenvalue weighted by Gasteiger charge is 2.05. The zero-order valence-corrected chi connectivity index (χ0v) is 9.70. The van der Waals surface area contributed by atoms with E-state index in [1.807, 2.05) is 6.07 Å². The molecule has 0 saturated heterocycles. The molecule has 0 heterocycles. The molecule has 0 saturated carbocycles. The number of para-hydroxylation sites is 1. The van der Waals surface area contributed by atoms with E-state index in [4.69, 9.17) is 34.8 Å². The molecule has 0 bridgehead atoms. The van der Waals surface area contributed by atoms with E-state index in [9.17, 15) is 4.79 Å². The number of rotatable bonds is 2. The molecule has 5 heteroatoms. The second-order valence-electron chi connectivity index (χ2n) is 2.52. The summed E-state index contributed by atoms with van der Waals surface area (Å²) >= 11 is 16.2. The molecule has 0 radical (unpaired) electrons. The second-order valence-corrected chi connectivity index (χ2v) is 3.85. The first kappa shape index (κ1) is 12.2. The Labute approximate surface area is 102 Å². The lowest BCUT2D eigenvalue weighted by Gasteiger charge is -2.01. The summed E-state index contributed by atoms with van der Waals surface area (Å²) < 4.78 is -0.191. The molecule has 15 heavy (non-hydrogen) atoms. The Hall–Kier alpha value is -0.920. The summed E-state index contributed by atoms with van der Waals surface area (Å²) in [7, 11) is 0. The zero-order valence-electron chi connectivity index (χ0n) is 7.43. The van der Waals surface area contributed by atoms with Gasteiger partial charge in [0.25, 0.3) is 5.91 Å². The lowest BCUT2D eigenvalue weighted by atomic mass is 10.3. The van der Waals surface area contributed by atoms with Crippen LogP contribution in [-0.2, 0) is 4.79 Å². The van der Waals surface area contributed by atoms with Crippen LogP contribution in [0, 0.1) is 0 Å². The normalized spacial score (nSPS) is 9.00. The number of anilines is 1. The van der Waals surface area contributed by atoms with Gasteiger partial charge < -0.3 is 5.32 Å². The summed E-state index contributed by atoms with van der Waals surface area (Å²) in [6.45, 7) is 0. The minimum absolute atomic E-state index is 0.191. The summed E-state index contributed by atoms with van der Waals surface area (Å²) in [5.74, 6) is -0.512. The van der Waals surface area contributed by atoms with Crippen molar-refractivity contribution in [3.05, 3.63) is 45.6 Å². The quantitative estimate of drug-likeness (QED) is 0.639. The molecule has 0 spiro atoms. The number of hydrogen-bond acceptors (Lipinski definition) is 1. The Balaban J connectivity index is 2.78. The van der Waals surface area contributed by atoms with Crippen LogP contribution in [0.5, 0.6) is 0 Å². The van der Waals surface area contributed by atoms with Crippen LogP contribution >= 0.6 is 34.8 Å². The molecule has 0 aliphatic heterocycles. The number of hydrogen-bond donors (Lipinski definition) is 1. The molecular weight excluding hydrogens is 256 g/mol. The van der Waals surface area contributed by atoms with Gasteiger partial charge >= 0.3 is 0 Å². The zero-order chi connectivity index (χ0) is 11.3. The molecule has 1 aromatic carbocycles. The summed E-state index contributed by atoms with van der Waals surface area (Å²) in [5.41, 5.74) is 2.91. The molecule has 0 atom stereocenters. The van der Waals surface area contributed by atoms with Crippen molar-refractivity contribution in [1.29, 1.82) is 0 Å². The average molecular weight is 263 g/mol. The van der Waals surface area contributed by atoms with E-state index >= 15 is 0 Å². The molecule has 1 N–H and O–H groups in total. The number of carbonyl (C=O) groups is 1. The van der Waals surface area contributed by atoms with Gasteiger partial charge in [0.05, 0.1) is 0 Å². The topological polar surface area (TPSA) is 29.1 Å². The van der Waals surface area contributed by atoms with E-state index in [0.29, 0.717) is 5.69 Å². The van der Waals surface area contributed by atoms with Gasteiger partial charge in [0.2, 0.25) is 0 Å². The number of halogens is 3. The van der Waals surface area contributed by atoms with E-state index < -0.39 is 5.91 Å². The van der Waals surface area contributed by atoms with Crippen molar-refractivity contribution >= 4 is 46.4 Å². The molecule has 1 amide bonds. The molecule has 0 fully saturated rings. The van der Waals surface area contributed by atoms with Gasteiger partial charge in [-0.25, -0.2) is 0 Å². The molecule has 1 aromatic rings. The minimum Gasteiger partial charge on any atom is -0.321 e. The Morgan fingerprint density at radius 1 is 1.13 bits per heavy atom. The maximum absolute atomic E-state index is 11.4. The lowest BCUT2D eigenvalue weighted by Crippen LogP contribution is -2.10. The van der Waals surface area contributed by atoms with Crippen molar-refractivity contribution < 1.29 is 4.79 Å². The van der Waals surface area contributed by atoms with Gasteiger partial charge in [-0.15, -0.1) is 0 Å². The highest BCUT2D eigenvalue weighted by atomic mass is 35.5. The third kappa shape index (κ3) is 4.41. The number of amides is 1. The van der Waals surface area contributed by atoms with Crippen LogP contribution in [0.3, 0.4) is 0 Å². The highest BCUT2D eigenvalue weighted by molar-refractivity contribution is 6.56. The third-order valence-corrected chi connectivity index (χ3v) is 1.89. The fourth-order valence-electron chi connectivity index (χ4n) is 0.847. The van der Waals surface area contributed by atoms with Crippen LogP contribution in [0.25, 0.3) is 0 Å². The number of carbonyl (C=O) groups excluding carboxylic acids is 1. The summed E-state index contributed by atoms with van der Waals surface area (Å²) in [4.78, 5) is 11.4.